The third-order valence-electron chi connectivity index (χ3n) is 4.76. The first-order valence-corrected chi connectivity index (χ1v) is 8.12. The van der Waals surface area contributed by atoms with Gasteiger partial charge in [-0.05, 0) is 49.6 Å². The maximum Gasteiger partial charge on any atom is 0.254 e. The van der Waals surface area contributed by atoms with Gasteiger partial charge >= 0.3 is 0 Å². The maximum atomic E-state index is 12.8. The van der Waals surface area contributed by atoms with Crippen molar-refractivity contribution in [2.45, 2.75) is 31.4 Å². The smallest absolute Gasteiger partial charge is 0.254 e. The number of aliphatic hydroxyl groups is 1. The molecule has 24 heavy (non-hydrogen) atoms. The van der Waals surface area contributed by atoms with E-state index in [9.17, 15) is 9.90 Å². The molecule has 1 aliphatic rings. The maximum absolute atomic E-state index is 12.8. The van der Waals surface area contributed by atoms with E-state index in [0.717, 1.165) is 24.2 Å². The summed E-state index contributed by atoms with van der Waals surface area (Å²) in [4.78, 5) is 18.5. The van der Waals surface area contributed by atoms with Gasteiger partial charge in [-0.25, -0.2) is 0 Å². The number of aromatic nitrogens is 1. The summed E-state index contributed by atoms with van der Waals surface area (Å²) in [6.07, 6.45) is 4.88. The molecule has 1 aromatic heterocycles. The average molecular weight is 326 g/mol. The van der Waals surface area contributed by atoms with E-state index >= 15 is 0 Å². The zero-order valence-corrected chi connectivity index (χ0v) is 14.0. The van der Waals surface area contributed by atoms with Crippen LogP contribution in [-0.2, 0) is 5.60 Å². The van der Waals surface area contributed by atoms with Gasteiger partial charge in [0.25, 0.3) is 5.91 Å². The third kappa shape index (κ3) is 2.99. The van der Waals surface area contributed by atoms with Gasteiger partial charge in [0.05, 0.1) is 13.2 Å². The molecule has 5 nitrogen and oxygen atoms in total. The van der Waals surface area contributed by atoms with Gasteiger partial charge in [-0.3, -0.25) is 9.78 Å². The van der Waals surface area contributed by atoms with Crippen molar-refractivity contribution in [1.29, 1.82) is 0 Å². The van der Waals surface area contributed by atoms with Crippen LogP contribution in [0.3, 0.4) is 0 Å². The minimum atomic E-state index is -1.12. The quantitative estimate of drug-likeness (QED) is 0.938. The number of likely N-dealkylation sites (tertiary alicyclic amines) is 1. The lowest BCUT2D eigenvalue weighted by atomic mass is 9.86. The van der Waals surface area contributed by atoms with Crippen molar-refractivity contribution in [3.8, 4) is 5.75 Å². The minimum Gasteiger partial charge on any atom is -0.497 e. The van der Waals surface area contributed by atoms with Crippen LogP contribution < -0.4 is 4.74 Å². The first kappa shape index (κ1) is 16.5. The van der Waals surface area contributed by atoms with E-state index in [0.29, 0.717) is 12.1 Å². The Bertz CT molecular complexity index is 698. The van der Waals surface area contributed by atoms with Crippen molar-refractivity contribution in [2.24, 2.45) is 0 Å². The molecule has 0 aliphatic carbocycles. The van der Waals surface area contributed by atoms with Gasteiger partial charge in [-0.2, -0.15) is 0 Å². The van der Waals surface area contributed by atoms with E-state index in [1.165, 1.54) is 0 Å². The first-order valence-electron chi connectivity index (χ1n) is 8.12. The van der Waals surface area contributed by atoms with Crippen LogP contribution in [0.1, 0.15) is 35.7 Å². The van der Waals surface area contributed by atoms with Gasteiger partial charge in [0, 0.05) is 24.5 Å². The van der Waals surface area contributed by atoms with Crippen molar-refractivity contribution >= 4 is 5.91 Å². The summed E-state index contributed by atoms with van der Waals surface area (Å²) in [5, 5.41) is 11.2. The minimum absolute atomic E-state index is 0.0614. The van der Waals surface area contributed by atoms with E-state index in [1.807, 2.05) is 24.3 Å². The molecule has 0 saturated carbocycles. The molecule has 2 heterocycles. The zero-order valence-electron chi connectivity index (χ0n) is 14.0. The van der Waals surface area contributed by atoms with Gasteiger partial charge in [0.1, 0.15) is 11.4 Å². The molecule has 3 rings (SSSR count). The monoisotopic (exact) mass is 326 g/mol. The fourth-order valence-electron chi connectivity index (χ4n) is 3.38. The molecule has 1 saturated heterocycles. The normalized spacial score (nSPS) is 19.8. The first-order chi connectivity index (χ1) is 11.5. The second kappa shape index (κ2) is 6.61. The second-order valence-corrected chi connectivity index (χ2v) is 6.27. The number of pyridine rings is 1. The van der Waals surface area contributed by atoms with Crippen LogP contribution in [0.15, 0.2) is 48.8 Å². The predicted octanol–water partition coefficient (Wildman–Crippen LogP) is 2.60. The zero-order chi connectivity index (χ0) is 17.2. The van der Waals surface area contributed by atoms with Gasteiger partial charge < -0.3 is 14.7 Å². The number of hydrogen-bond acceptors (Lipinski definition) is 4. The number of carbonyl (C=O) groups is 1. The number of ether oxygens (including phenoxy) is 1. The van der Waals surface area contributed by atoms with Crippen LogP contribution in [0.4, 0.5) is 0 Å². The number of amides is 1. The highest BCUT2D eigenvalue weighted by Gasteiger charge is 2.42. The van der Waals surface area contributed by atoms with Crippen LogP contribution in [0.25, 0.3) is 0 Å². The Morgan fingerprint density at radius 2 is 1.92 bits per heavy atom. The number of methoxy groups -OCH3 is 1. The second-order valence-electron chi connectivity index (χ2n) is 6.27. The average Bonchev–Trinajstić information content (AvgIpc) is 3.12. The Morgan fingerprint density at radius 1 is 1.25 bits per heavy atom. The van der Waals surface area contributed by atoms with Crippen molar-refractivity contribution in [3.63, 3.8) is 0 Å². The predicted molar refractivity (Wildman–Crippen MR) is 90.9 cm³/mol. The standard InChI is InChI=1S/C19H22N2O3/c1-19(23,15-5-7-16(24-2)8-6-15)17-4-3-13-21(17)18(22)14-9-11-20-12-10-14/h5-12,17,23H,3-4,13H2,1-2H3/t17-,19-/m1/s1. The van der Waals surface area contributed by atoms with Gasteiger partial charge in [-0.15, -0.1) is 0 Å². The van der Waals surface area contributed by atoms with Crippen LogP contribution in [0.5, 0.6) is 5.75 Å². The number of rotatable bonds is 4. The summed E-state index contributed by atoms with van der Waals surface area (Å²) < 4.78 is 5.17. The van der Waals surface area contributed by atoms with Crippen LogP contribution >= 0.6 is 0 Å². The molecule has 1 fully saturated rings. The summed E-state index contributed by atoms with van der Waals surface area (Å²) in [6, 6.07) is 10.5. The number of benzene rings is 1. The lowest BCUT2D eigenvalue weighted by Crippen LogP contribution is -2.48. The van der Waals surface area contributed by atoms with Crippen LogP contribution in [0, 0.1) is 0 Å². The third-order valence-corrected chi connectivity index (χ3v) is 4.76. The molecule has 2 atom stereocenters. The largest absolute Gasteiger partial charge is 0.497 e. The number of carbonyl (C=O) groups excluding carboxylic acids is 1. The van der Waals surface area contributed by atoms with Crippen molar-refractivity contribution in [3.05, 3.63) is 59.9 Å². The van der Waals surface area contributed by atoms with E-state index in [1.54, 1.807) is 43.5 Å². The van der Waals surface area contributed by atoms with Gasteiger partial charge in [0.15, 0.2) is 0 Å². The molecule has 1 amide bonds. The molecule has 1 N–H and O–H groups in total. The SMILES string of the molecule is COc1ccc([C@@](C)(O)[C@H]2CCCN2C(=O)c2ccncc2)cc1. The lowest BCUT2D eigenvalue weighted by molar-refractivity contribution is -0.0177. The van der Waals surface area contributed by atoms with Crippen LogP contribution in [0.2, 0.25) is 0 Å². The summed E-state index contributed by atoms with van der Waals surface area (Å²) in [6.45, 7) is 2.43. The fourth-order valence-corrected chi connectivity index (χ4v) is 3.38. The number of hydrogen-bond donors (Lipinski definition) is 1. The molecule has 2 aromatic rings. The molecular weight excluding hydrogens is 304 g/mol. The van der Waals surface area contributed by atoms with E-state index < -0.39 is 5.60 Å². The highest BCUT2D eigenvalue weighted by atomic mass is 16.5. The molecule has 0 bridgehead atoms. The van der Waals surface area contributed by atoms with Crippen molar-refractivity contribution in [2.75, 3.05) is 13.7 Å². The molecule has 0 unspecified atom stereocenters. The molecule has 126 valence electrons. The molecule has 0 radical (unpaired) electrons. The van der Waals surface area contributed by atoms with E-state index in [-0.39, 0.29) is 11.9 Å². The van der Waals surface area contributed by atoms with Gasteiger partial charge in [-0.1, -0.05) is 12.1 Å². The Kier molecular flexibility index (Phi) is 4.53. The summed E-state index contributed by atoms with van der Waals surface area (Å²) >= 11 is 0. The summed E-state index contributed by atoms with van der Waals surface area (Å²) in [5.41, 5.74) is 0.260. The Hall–Kier alpha value is -2.40. The molecular formula is C19H22N2O3. The fraction of sp³-hybridized carbons (Fsp3) is 0.368. The van der Waals surface area contributed by atoms with Gasteiger partial charge in [0.2, 0.25) is 0 Å². The summed E-state index contributed by atoms with van der Waals surface area (Å²) in [7, 11) is 1.61. The summed E-state index contributed by atoms with van der Waals surface area (Å²) in [5.74, 6) is 0.680. The van der Waals surface area contributed by atoms with E-state index in [2.05, 4.69) is 4.98 Å². The highest BCUT2D eigenvalue weighted by Crippen LogP contribution is 2.36. The molecule has 1 aromatic carbocycles. The Balaban J connectivity index is 1.87. The van der Waals surface area contributed by atoms with Crippen molar-refractivity contribution in [1.82, 2.24) is 9.88 Å². The Morgan fingerprint density at radius 3 is 2.54 bits per heavy atom. The van der Waals surface area contributed by atoms with Crippen molar-refractivity contribution < 1.29 is 14.6 Å². The highest BCUT2D eigenvalue weighted by molar-refractivity contribution is 5.94. The lowest BCUT2D eigenvalue weighted by Gasteiger charge is -2.37. The molecule has 0 spiro atoms. The topological polar surface area (TPSA) is 62.7 Å². The number of nitrogens with zero attached hydrogens (tertiary/aromatic N) is 2. The Labute approximate surface area is 141 Å². The van der Waals surface area contributed by atoms with Crippen LogP contribution in [-0.4, -0.2) is 40.6 Å². The molecule has 5 heteroatoms. The molecule has 1 aliphatic heterocycles. The van der Waals surface area contributed by atoms with E-state index in [4.69, 9.17) is 4.74 Å².